The van der Waals surface area contributed by atoms with Crippen molar-refractivity contribution in [3.8, 4) is 5.75 Å². The molecule has 1 aromatic heterocycles. The van der Waals surface area contributed by atoms with Gasteiger partial charge in [0.15, 0.2) is 0 Å². The number of ether oxygens (including phenoxy) is 1. The largest absolute Gasteiger partial charge is 0.494 e. The number of nitrogens with zero attached hydrogens (tertiary/aromatic N) is 2. The average molecular weight is 460 g/mol. The molecule has 0 fully saturated rings. The summed E-state index contributed by atoms with van der Waals surface area (Å²) in [5.74, 6) is 1.40. The third-order valence-corrected chi connectivity index (χ3v) is 5.74. The number of halogens is 1. The van der Waals surface area contributed by atoms with Crippen LogP contribution >= 0.6 is 0 Å². The van der Waals surface area contributed by atoms with Crippen LogP contribution in [-0.2, 0) is 13.0 Å². The summed E-state index contributed by atoms with van der Waals surface area (Å²) in [6, 6.07) is 21.9. The monoisotopic (exact) mass is 459 g/mol. The SMILES string of the molecule is Cc1cccc(OCCCCn2c(CCCNC(=O)c3ccc(F)cc3)nc3ccccc32)c1. The first kappa shape index (κ1) is 23.5. The van der Waals surface area contributed by atoms with Gasteiger partial charge in [-0.1, -0.05) is 24.3 Å². The van der Waals surface area contributed by atoms with Gasteiger partial charge in [-0.3, -0.25) is 4.79 Å². The van der Waals surface area contributed by atoms with Crippen LogP contribution in [0, 0.1) is 12.7 Å². The van der Waals surface area contributed by atoms with Crippen molar-refractivity contribution >= 4 is 16.9 Å². The first-order valence-corrected chi connectivity index (χ1v) is 11.8. The van der Waals surface area contributed by atoms with Crippen LogP contribution in [0.3, 0.4) is 0 Å². The van der Waals surface area contributed by atoms with Gasteiger partial charge in [0, 0.05) is 25.1 Å². The fourth-order valence-corrected chi connectivity index (χ4v) is 3.98. The van der Waals surface area contributed by atoms with Crippen molar-refractivity contribution < 1.29 is 13.9 Å². The summed E-state index contributed by atoms with van der Waals surface area (Å²) < 4.78 is 21.2. The topological polar surface area (TPSA) is 56.1 Å². The summed E-state index contributed by atoms with van der Waals surface area (Å²) in [5, 5.41) is 2.91. The molecule has 6 heteroatoms. The lowest BCUT2D eigenvalue weighted by Gasteiger charge is -2.11. The number of amides is 1. The van der Waals surface area contributed by atoms with Gasteiger partial charge in [0.25, 0.3) is 5.91 Å². The molecule has 1 heterocycles. The molecular formula is C28H30FN3O2. The van der Waals surface area contributed by atoms with Crippen LogP contribution in [0.2, 0.25) is 0 Å². The zero-order valence-electron chi connectivity index (χ0n) is 19.5. The van der Waals surface area contributed by atoms with E-state index in [1.54, 1.807) is 0 Å². The minimum Gasteiger partial charge on any atom is -0.494 e. The number of aryl methyl sites for hydroxylation is 3. The molecule has 0 bridgehead atoms. The Bertz CT molecular complexity index is 1230. The van der Waals surface area contributed by atoms with Crippen LogP contribution in [0.15, 0.2) is 72.8 Å². The Morgan fingerprint density at radius 2 is 1.82 bits per heavy atom. The third kappa shape index (κ3) is 6.22. The van der Waals surface area contributed by atoms with Crippen molar-refractivity contribution in [1.82, 2.24) is 14.9 Å². The molecule has 0 unspecified atom stereocenters. The molecule has 4 rings (SSSR count). The number of carbonyl (C=O) groups excluding carboxylic acids is 1. The van der Waals surface area contributed by atoms with Gasteiger partial charge in [0.05, 0.1) is 17.6 Å². The summed E-state index contributed by atoms with van der Waals surface area (Å²) in [6.07, 6.45) is 3.47. The second-order valence-electron chi connectivity index (χ2n) is 8.41. The Morgan fingerprint density at radius 1 is 1.00 bits per heavy atom. The quantitative estimate of drug-likeness (QED) is 0.293. The molecule has 0 saturated carbocycles. The highest BCUT2D eigenvalue weighted by Gasteiger charge is 2.11. The molecule has 1 amide bonds. The summed E-state index contributed by atoms with van der Waals surface area (Å²) in [5.41, 5.74) is 3.78. The molecular weight excluding hydrogens is 429 g/mol. The van der Waals surface area contributed by atoms with E-state index in [4.69, 9.17) is 9.72 Å². The standard InChI is InChI=1S/C28H30FN3O2/c1-21-8-6-9-24(20-21)34-19-5-4-18-32-26-11-3-2-10-25(26)31-27(32)12-7-17-30-28(33)22-13-15-23(29)16-14-22/h2-3,6,8-11,13-16,20H,4-5,7,12,17-19H2,1H3,(H,30,33). The van der Waals surface area contributed by atoms with Gasteiger partial charge in [-0.05, 0) is 80.3 Å². The van der Waals surface area contributed by atoms with Gasteiger partial charge in [-0.2, -0.15) is 0 Å². The van der Waals surface area contributed by atoms with Crippen LogP contribution < -0.4 is 10.1 Å². The van der Waals surface area contributed by atoms with Crippen molar-refractivity contribution in [2.75, 3.05) is 13.2 Å². The highest BCUT2D eigenvalue weighted by Crippen LogP contribution is 2.19. The number of aromatic nitrogens is 2. The smallest absolute Gasteiger partial charge is 0.251 e. The van der Waals surface area contributed by atoms with Crippen LogP contribution in [0.5, 0.6) is 5.75 Å². The van der Waals surface area contributed by atoms with E-state index in [9.17, 15) is 9.18 Å². The molecule has 0 atom stereocenters. The van der Waals surface area contributed by atoms with Crippen molar-refractivity contribution in [2.24, 2.45) is 0 Å². The molecule has 4 aromatic rings. The Labute approximate surface area is 199 Å². The van der Waals surface area contributed by atoms with Gasteiger partial charge < -0.3 is 14.6 Å². The normalized spacial score (nSPS) is 11.0. The van der Waals surface area contributed by atoms with E-state index in [1.165, 1.54) is 29.8 Å². The number of para-hydroxylation sites is 2. The number of hydrogen-bond donors (Lipinski definition) is 1. The first-order valence-electron chi connectivity index (χ1n) is 11.8. The fraction of sp³-hybridized carbons (Fsp3) is 0.286. The van der Waals surface area contributed by atoms with E-state index in [2.05, 4.69) is 35.0 Å². The second-order valence-corrected chi connectivity index (χ2v) is 8.41. The van der Waals surface area contributed by atoms with E-state index in [1.807, 2.05) is 30.3 Å². The van der Waals surface area contributed by atoms with Crippen molar-refractivity contribution in [2.45, 2.75) is 39.2 Å². The molecule has 34 heavy (non-hydrogen) atoms. The van der Waals surface area contributed by atoms with Crippen LogP contribution in [0.25, 0.3) is 11.0 Å². The second kappa shape index (κ2) is 11.5. The van der Waals surface area contributed by atoms with Gasteiger partial charge in [0.1, 0.15) is 17.4 Å². The van der Waals surface area contributed by atoms with Gasteiger partial charge >= 0.3 is 0 Å². The highest BCUT2D eigenvalue weighted by atomic mass is 19.1. The van der Waals surface area contributed by atoms with Crippen molar-refractivity contribution in [3.63, 3.8) is 0 Å². The van der Waals surface area contributed by atoms with E-state index in [-0.39, 0.29) is 11.7 Å². The van der Waals surface area contributed by atoms with E-state index in [0.29, 0.717) is 18.7 Å². The maximum Gasteiger partial charge on any atom is 0.251 e. The van der Waals surface area contributed by atoms with Gasteiger partial charge in [0.2, 0.25) is 0 Å². The average Bonchev–Trinajstić information content (AvgIpc) is 3.19. The third-order valence-electron chi connectivity index (χ3n) is 5.74. The van der Waals surface area contributed by atoms with Crippen molar-refractivity contribution in [3.05, 3.63) is 95.6 Å². The molecule has 1 N–H and O–H groups in total. The lowest BCUT2D eigenvalue weighted by Crippen LogP contribution is -2.25. The molecule has 0 spiro atoms. The van der Waals surface area contributed by atoms with E-state index >= 15 is 0 Å². The Kier molecular flexibility index (Phi) is 7.91. The number of imidazole rings is 1. The van der Waals surface area contributed by atoms with Crippen LogP contribution in [-0.4, -0.2) is 28.6 Å². The minimum absolute atomic E-state index is 0.192. The van der Waals surface area contributed by atoms with Crippen molar-refractivity contribution in [1.29, 1.82) is 0 Å². The maximum absolute atomic E-state index is 13.0. The van der Waals surface area contributed by atoms with Gasteiger partial charge in [-0.15, -0.1) is 0 Å². The number of carbonyl (C=O) groups is 1. The van der Waals surface area contributed by atoms with Crippen LogP contribution in [0.4, 0.5) is 4.39 Å². The molecule has 0 aliphatic rings. The number of benzene rings is 3. The maximum atomic E-state index is 13.0. The molecule has 176 valence electrons. The summed E-state index contributed by atoms with van der Waals surface area (Å²) >= 11 is 0. The summed E-state index contributed by atoms with van der Waals surface area (Å²) in [6.45, 7) is 4.15. The molecule has 0 aliphatic carbocycles. The Hall–Kier alpha value is -3.67. The molecule has 0 aliphatic heterocycles. The highest BCUT2D eigenvalue weighted by molar-refractivity contribution is 5.94. The van der Waals surface area contributed by atoms with Crippen LogP contribution in [0.1, 0.15) is 41.0 Å². The number of fused-ring (bicyclic) bond motifs is 1. The predicted molar refractivity (Wildman–Crippen MR) is 133 cm³/mol. The molecule has 0 saturated heterocycles. The molecule has 0 radical (unpaired) electrons. The summed E-state index contributed by atoms with van der Waals surface area (Å²) in [4.78, 5) is 17.1. The zero-order chi connectivity index (χ0) is 23.8. The van der Waals surface area contributed by atoms with E-state index in [0.717, 1.165) is 54.8 Å². The lowest BCUT2D eigenvalue weighted by atomic mass is 10.2. The first-order chi connectivity index (χ1) is 16.6. The number of hydrogen-bond acceptors (Lipinski definition) is 3. The Morgan fingerprint density at radius 3 is 2.65 bits per heavy atom. The number of nitrogens with one attached hydrogen (secondary N) is 1. The number of rotatable bonds is 11. The lowest BCUT2D eigenvalue weighted by molar-refractivity contribution is 0.0953. The predicted octanol–water partition coefficient (Wildman–Crippen LogP) is 5.71. The Balaban J connectivity index is 1.29. The fourth-order valence-electron chi connectivity index (χ4n) is 3.98. The van der Waals surface area contributed by atoms with Gasteiger partial charge in [-0.25, -0.2) is 9.37 Å². The summed E-state index contributed by atoms with van der Waals surface area (Å²) in [7, 11) is 0. The molecule has 3 aromatic carbocycles. The zero-order valence-corrected chi connectivity index (χ0v) is 19.5. The number of unbranched alkanes of at least 4 members (excludes halogenated alkanes) is 1. The minimum atomic E-state index is -0.350. The van der Waals surface area contributed by atoms with E-state index < -0.39 is 0 Å². The molecule has 5 nitrogen and oxygen atoms in total.